The lowest BCUT2D eigenvalue weighted by Gasteiger charge is -2.35. The van der Waals surface area contributed by atoms with E-state index in [4.69, 9.17) is 9.72 Å². The van der Waals surface area contributed by atoms with Gasteiger partial charge in [0.25, 0.3) is 5.56 Å². The predicted octanol–water partition coefficient (Wildman–Crippen LogP) is 2.99. The number of halogens is 1. The number of carbonyl (C=O) groups is 1. The number of carbonyl (C=O) groups excluding carboxylic acids is 1. The third kappa shape index (κ3) is 5.03. The Hall–Kier alpha value is -3.10. The molecule has 3 aromatic rings. The summed E-state index contributed by atoms with van der Waals surface area (Å²) < 4.78 is 20.7. The van der Waals surface area contributed by atoms with Crippen LogP contribution in [0.1, 0.15) is 42.7 Å². The molecule has 1 saturated carbocycles. The van der Waals surface area contributed by atoms with Gasteiger partial charge in [-0.3, -0.25) is 19.1 Å². The molecule has 1 saturated heterocycles. The van der Waals surface area contributed by atoms with E-state index < -0.39 is 0 Å². The van der Waals surface area contributed by atoms with E-state index in [0.717, 1.165) is 31.5 Å². The van der Waals surface area contributed by atoms with Crippen molar-refractivity contribution in [2.24, 2.45) is 0 Å². The molecular weight excluding hydrogens is 435 g/mol. The molecule has 0 bridgehead atoms. The Morgan fingerprint density at radius 3 is 2.59 bits per heavy atom. The zero-order chi connectivity index (χ0) is 23.5. The number of para-hydroxylation sites is 1. The molecule has 5 rings (SSSR count). The monoisotopic (exact) mass is 464 g/mol. The first-order valence-corrected chi connectivity index (χ1v) is 11.9. The Labute approximate surface area is 197 Å². The molecule has 1 aliphatic heterocycles. The van der Waals surface area contributed by atoms with Crippen molar-refractivity contribution in [3.63, 3.8) is 0 Å². The molecule has 7 nitrogen and oxygen atoms in total. The van der Waals surface area contributed by atoms with Crippen LogP contribution in [-0.4, -0.2) is 53.2 Å². The van der Waals surface area contributed by atoms with Gasteiger partial charge in [0.05, 0.1) is 30.2 Å². The average molecular weight is 465 g/mol. The number of fused-ring (bicyclic) bond motifs is 1. The van der Waals surface area contributed by atoms with E-state index in [-0.39, 0.29) is 35.8 Å². The highest BCUT2D eigenvalue weighted by Gasteiger charge is 2.28. The molecule has 2 fully saturated rings. The third-order valence-electron chi connectivity index (χ3n) is 6.60. The number of hydrogen-bond acceptors (Lipinski definition) is 5. The number of amides is 1. The first-order chi connectivity index (χ1) is 16.6. The van der Waals surface area contributed by atoms with E-state index >= 15 is 0 Å². The molecule has 34 heavy (non-hydrogen) atoms. The normalized spacial score (nSPS) is 17.6. The first kappa shape index (κ1) is 22.7. The van der Waals surface area contributed by atoms with Crippen LogP contribution in [0.2, 0.25) is 0 Å². The van der Waals surface area contributed by atoms with Gasteiger partial charge in [-0.15, -0.1) is 0 Å². The molecule has 178 valence electrons. The fraction of sp³-hybridized carbons (Fsp3) is 0.423. The lowest BCUT2D eigenvalue weighted by atomic mass is 10.0. The van der Waals surface area contributed by atoms with Crippen LogP contribution in [0, 0.1) is 5.82 Å². The van der Waals surface area contributed by atoms with Crippen LogP contribution in [0.25, 0.3) is 10.9 Å². The highest BCUT2D eigenvalue weighted by molar-refractivity contribution is 5.78. The fourth-order valence-corrected chi connectivity index (χ4v) is 4.63. The lowest BCUT2D eigenvalue weighted by molar-refractivity contribution is -0.121. The minimum Gasteiger partial charge on any atom is -0.379 e. The maximum atomic E-state index is 13.5. The second kappa shape index (κ2) is 10.0. The average Bonchev–Trinajstić information content (AvgIpc) is 3.70. The van der Waals surface area contributed by atoms with Crippen molar-refractivity contribution in [3.8, 4) is 0 Å². The minimum atomic E-state index is -0.280. The maximum Gasteiger partial charge on any atom is 0.261 e. The van der Waals surface area contributed by atoms with Crippen LogP contribution in [0.5, 0.6) is 0 Å². The zero-order valence-corrected chi connectivity index (χ0v) is 19.1. The van der Waals surface area contributed by atoms with Crippen molar-refractivity contribution < 1.29 is 13.9 Å². The Bertz CT molecular complexity index is 1220. The van der Waals surface area contributed by atoms with E-state index in [9.17, 15) is 14.0 Å². The van der Waals surface area contributed by atoms with Crippen LogP contribution in [0.4, 0.5) is 4.39 Å². The summed E-state index contributed by atoms with van der Waals surface area (Å²) in [5, 5.41) is 3.67. The van der Waals surface area contributed by atoms with E-state index in [2.05, 4.69) is 10.2 Å². The van der Waals surface area contributed by atoms with Crippen molar-refractivity contribution in [2.75, 3.05) is 32.8 Å². The highest BCUT2D eigenvalue weighted by atomic mass is 19.1. The summed E-state index contributed by atoms with van der Waals surface area (Å²) >= 11 is 0. The lowest BCUT2D eigenvalue weighted by Crippen LogP contribution is -2.43. The Balaban J connectivity index is 1.27. The van der Waals surface area contributed by atoms with Crippen LogP contribution >= 0.6 is 0 Å². The standard InChI is InChI=1S/C26H29FN4O3/c27-19-7-5-18(6-8-19)23(30-13-15-34-16-14-30)17-28-25(32)12-11-24-29-22-4-2-1-3-21(22)26(33)31(24)20-9-10-20/h1-8,20,23H,9-17H2,(H,28,32). The number of nitrogens with zero attached hydrogens (tertiary/aromatic N) is 3. The van der Waals surface area contributed by atoms with Gasteiger partial charge in [-0.25, -0.2) is 9.37 Å². The molecule has 1 unspecified atom stereocenters. The number of nitrogens with one attached hydrogen (secondary N) is 1. The van der Waals surface area contributed by atoms with Gasteiger partial charge in [0.1, 0.15) is 11.6 Å². The van der Waals surface area contributed by atoms with Crippen molar-refractivity contribution in [3.05, 3.63) is 76.1 Å². The van der Waals surface area contributed by atoms with Crippen LogP contribution < -0.4 is 10.9 Å². The molecule has 2 aromatic carbocycles. The summed E-state index contributed by atoms with van der Waals surface area (Å²) in [5.41, 5.74) is 1.61. The van der Waals surface area contributed by atoms with Crippen LogP contribution in [-0.2, 0) is 16.0 Å². The van der Waals surface area contributed by atoms with Gasteiger partial charge in [0.2, 0.25) is 5.91 Å². The predicted molar refractivity (Wildman–Crippen MR) is 127 cm³/mol. The molecule has 2 heterocycles. The second-order valence-electron chi connectivity index (χ2n) is 8.97. The number of aryl methyl sites for hydroxylation is 1. The molecule has 1 aromatic heterocycles. The van der Waals surface area contributed by atoms with Gasteiger partial charge in [-0.1, -0.05) is 24.3 Å². The van der Waals surface area contributed by atoms with Crippen molar-refractivity contribution in [2.45, 2.75) is 37.8 Å². The largest absolute Gasteiger partial charge is 0.379 e. The minimum absolute atomic E-state index is 0.0211. The zero-order valence-electron chi connectivity index (χ0n) is 19.1. The van der Waals surface area contributed by atoms with Gasteiger partial charge in [0.15, 0.2) is 0 Å². The summed E-state index contributed by atoms with van der Waals surface area (Å²) in [4.78, 5) is 32.8. The highest BCUT2D eigenvalue weighted by Crippen LogP contribution is 2.35. The van der Waals surface area contributed by atoms with Gasteiger partial charge in [-0.05, 0) is 42.7 Å². The topological polar surface area (TPSA) is 76.5 Å². The van der Waals surface area contributed by atoms with Crippen molar-refractivity contribution >= 4 is 16.8 Å². The van der Waals surface area contributed by atoms with Gasteiger partial charge >= 0.3 is 0 Å². The van der Waals surface area contributed by atoms with E-state index in [1.807, 2.05) is 18.2 Å². The van der Waals surface area contributed by atoms with E-state index in [1.165, 1.54) is 12.1 Å². The summed E-state index contributed by atoms with van der Waals surface area (Å²) in [7, 11) is 0. The molecule has 1 N–H and O–H groups in total. The van der Waals surface area contributed by atoms with Crippen molar-refractivity contribution in [1.82, 2.24) is 19.8 Å². The quantitative estimate of drug-likeness (QED) is 0.555. The molecular formula is C26H29FN4O3. The summed E-state index contributed by atoms with van der Waals surface area (Å²) in [5.74, 6) is 0.299. The number of rotatable bonds is 8. The van der Waals surface area contributed by atoms with Gasteiger partial charge in [0, 0.05) is 38.5 Å². The number of hydrogen-bond donors (Lipinski definition) is 1. The molecule has 2 aliphatic rings. The molecule has 1 amide bonds. The summed E-state index contributed by atoms with van der Waals surface area (Å²) in [6.07, 6.45) is 2.59. The molecule has 0 radical (unpaired) electrons. The van der Waals surface area contributed by atoms with E-state index in [0.29, 0.717) is 42.9 Å². The maximum absolute atomic E-state index is 13.5. The number of benzene rings is 2. The Morgan fingerprint density at radius 1 is 1.12 bits per heavy atom. The SMILES string of the molecule is O=C(CCc1nc2ccccc2c(=O)n1C1CC1)NCC(c1ccc(F)cc1)N1CCOCC1. The summed E-state index contributed by atoms with van der Waals surface area (Å²) in [6.45, 7) is 3.21. The van der Waals surface area contributed by atoms with Crippen LogP contribution in [0.3, 0.4) is 0 Å². The van der Waals surface area contributed by atoms with Gasteiger partial charge < -0.3 is 10.1 Å². The summed E-state index contributed by atoms with van der Waals surface area (Å²) in [6, 6.07) is 13.9. The second-order valence-corrected chi connectivity index (χ2v) is 8.97. The van der Waals surface area contributed by atoms with E-state index in [1.54, 1.807) is 22.8 Å². The molecule has 0 spiro atoms. The third-order valence-corrected chi connectivity index (χ3v) is 6.60. The molecule has 1 atom stereocenters. The number of aromatic nitrogens is 2. The Kier molecular flexibility index (Phi) is 6.69. The van der Waals surface area contributed by atoms with Crippen LogP contribution in [0.15, 0.2) is 53.3 Å². The number of ether oxygens (including phenoxy) is 1. The number of morpholine rings is 1. The first-order valence-electron chi connectivity index (χ1n) is 11.9. The molecule has 8 heteroatoms. The smallest absolute Gasteiger partial charge is 0.261 e. The fourth-order valence-electron chi connectivity index (χ4n) is 4.63. The molecule has 1 aliphatic carbocycles. The van der Waals surface area contributed by atoms with Crippen molar-refractivity contribution in [1.29, 1.82) is 0 Å². The van der Waals surface area contributed by atoms with Gasteiger partial charge in [-0.2, -0.15) is 0 Å². The Morgan fingerprint density at radius 2 is 1.85 bits per heavy atom.